The molecule has 1 aromatic heterocycles. The second-order valence-corrected chi connectivity index (χ2v) is 5.30. The summed E-state index contributed by atoms with van der Waals surface area (Å²) in [4.78, 5) is 47.6. The average Bonchev–Trinajstić information content (AvgIpc) is 3.15. The third kappa shape index (κ3) is 2.52. The number of nitro groups is 1. The second-order valence-electron chi connectivity index (χ2n) is 5.30. The molecule has 0 spiro atoms. The number of carboxylic acids is 1. The quantitative estimate of drug-likeness (QED) is 0.446. The highest BCUT2D eigenvalue weighted by molar-refractivity contribution is 6.06. The first-order valence-corrected chi connectivity index (χ1v) is 7.03. The molecule has 2 amide bonds. The van der Waals surface area contributed by atoms with Crippen LogP contribution in [0.3, 0.4) is 0 Å². The van der Waals surface area contributed by atoms with Gasteiger partial charge in [0, 0.05) is 26.0 Å². The SMILES string of the molecule is CN(c1ccc([N+](=O)[O-])c2nonc12)C(C(=O)O)N1C(=O)CCC1=O. The number of carbonyl (C=O) groups is 3. The summed E-state index contributed by atoms with van der Waals surface area (Å²) < 4.78 is 4.53. The van der Waals surface area contributed by atoms with Crippen LogP contribution in [-0.4, -0.2) is 56.2 Å². The van der Waals surface area contributed by atoms with Crippen molar-refractivity contribution in [2.24, 2.45) is 0 Å². The van der Waals surface area contributed by atoms with E-state index in [4.69, 9.17) is 0 Å². The fourth-order valence-corrected chi connectivity index (χ4v) is 2.72. The number of carbonyl (C=O) groups excluding carboxylic acids is 2. The molecule has 12 heteroatoms. The third-order valence-corrected chi connectivity index (χ3v) is 3.87. The van der Waals surface area contributed by atoms with Crippen molar-refractivity contribution < 1.29 is 29.0 Å². The number of aliphatic carboxylic acids is 1. The first-order valence-electron chi connectivity index (χ1n) is 7.03. The van der Waals surface area contributed by atoms with E-state index in [0.717, 1.165) is 11.0 Å². The van der Waals surface area contributed by atoms with Gasteiger partial charge in [-0.05, 0) is 16.4 Å². The standard InChI is InChI=1S/C13H11N5O7/c1-16(12(13(21)22)17-8(19)4-5-9(17)20)6-2-3-7(18(23)24)11-10(6)14-25-15-11/h2-3,12H,4-5H2,1H3,(H,21,22). The van der Waals surface area contributed by atoms with E-state index < -0.39 is 28.9 Å². The van der Waals surface area contributed by atoms with Crippen LogP contribution in [0.25, 0.3) is 11.0 Å². The van der Waals surface area contributed by atoms with Crippen molar-refractivity contribution in [3.63, 3.8) is 0 Å². The molecule has 0 bridgehead atoms. The Hall–Kier alpha value is -3.57. The molecule has 1 unspecified atom stereocenters. The van der Waals surface area contributed by atoms with Crippen LogP contribution in [0, 0.1) is 10.1 Å². The molecule has 1 aliphatic rings. The largest absolute Gasteiger partial charge is 0.478 e. The van der Waals surface area contributed by atoms with Crippen LogP contribution in [0.2, 0.25) is 0 Å². The summed E-state index contributed by atoms with van der Waals surface area (Å²) in [6, 6.07) is 2.37. The summed E-state index contributed by atoms with van der Waals surface area (Å²) in [6.45, 7) is 0. The van der Waals surface area contributed by atoms with Gasteiger partial charge in [-0.25, -0.2) is 9.42 Å². The Morgan fingerprint density at radius 2 is 1.92 bits per heavy atom. The number of fused-ring (bicyclic) bond motifs is 1. The van der Waals surface area contributed by atoms with Gasteiger partial charge in [0.15, 0.2) is 5.52 Å². The molecule has 12 nitrogen and oxygen atoms in total. The first kappa shape index (κ1) is 16.3. The summed E-state index contributed by atoms with van der Waals surface area (Å²) in [5.41, 5.74) is -0.477. The second kappa shape index (κ2) is 5.81. The van der Waals surface area contributed by atoms with Gasteiger partial charge in [-0.15, -0.1) is 0 Å². The number of benzene rings is 1. The van der Waals surface area contributed by atoms with Gasteiger partial charge in [0.2, 0.25) is 23.5 Å². The molecule has 130 valence electrons. The van der Waals surface area contributed by atoms with E-state index in [0.29, 0.717) is 4.90 Å². The lowest BCUT2D eigenvalue weighted by atomic mass is 10.2. The number of nitrogens with zero attached hydrogens (tertiary/aromatic N) is 5. The molecule has 1 aromatic carbocycles. The molecule has 0 aliphatic carbocycles. The number of anilines is 1. The van der Waals surface area contributed by atoms with Gasteiger partial charge >= 0.3 is 11.7 Å². The lowest BCUT2D eigenvalue weighted by Crippen LogP contribution is -2.54. The number of likely N-dealkylation sites (N-methyl/N-ethyl adjacent to an activating group) is 1. The summed E-state index contributed by atoms with van der Waals surface area (Å²) in [6.07, 6.45) is -1.76. The number of nitro benzene ring substituents is 1. The Kier molecular flexibility index (Phi) is 3.79. The Bertz CT molecular complexity index is 891. The van der Waals surface area contributed by atoms with Gasteiger partial charge in [-0.3, -0.25) is 24.6 Å². The summed E-state index contributed by atoms with van der Waals surface area (Å²) in [5, 5.41) is 27.6. The lowest BCUT2D eigenvalue weighted by molar-refractivity contribution is -0.383. The minimum Gasteiger partial charge on any atom is -0.478 e. The number of non-ortho nitro benzene ring substituents is 1. The molecule has 1 fully saturated rings. The molecular weight excluding hydrogens is 338 g/mol. The Morgan fingerprint density at radius 1 is 1.32 bits per heavy atom. The number of imide groups is 1. The first-order chi connectivity index (χ1) is 11.8. The van der Waals surface area contributed by atoms with Crippen LogP contribution >= 0.6 is 0 Å². The number of hydrogen-bond donors (Lipinski definition) is 1. The van der Waals surface area contributed by atoms with Crippen LogP contribution < -0.4 is 4.90 Å². The van der Waals surface area contributed by atoms with Crippen LogP contribution in [-0.2, 0) is 14.4 Å². The Morgan fingerprint density at radius 3 is 2.48 bits per heavy atom. The van der Waals surface area contributed by atoms with Crippen molar-refractivity contribution in [3.05, 3.63) is 22.2 Å². The molecule has 1 N–H and O–H groups in total. The van der Waals surface area contributed by atoms with Gasteiger partial charge in [0.1, 0.15) is 0 Å². The summed E-state index contributed by atoms with van der Waals surface area (Å²) in [5.74, 6) is -2.66. The van der Waals surface area contributed by atoms with Gasteiger partial charge in [-0.2, -0.15) is 0 Å². The number of amides is 2. The van der Waals surface area contributed by atoms with E-state index in [1.807, 2.05) is 0 Å². The highest BCUT2D eigenvalue weighted by Gasteiger charge is 2.42. The van der Waals surface area contributed by atoms with E-state index in [9.17, 15) is 29.6 Å². The van der Waals surface area contributed by atoms with Crippen LogP contribution in [0.15, 0.2) is 16.8 Å². The van der Waals surface area contributed by atoms with Crippen molar-refractivity contribution in [3.8, 4) is 0 Å². The number of aromatic nitrogens is 2. The highest BCUT2D eigenvalue weighted by atomic mass is 16.6. The van der Waals surface area contributed by atoms with E-state index in [1.165, 1.54) is 13.1 Å². The maximum atomic E-state index is 11.9. The fraction of sp³-hybridized carbons (Fsp3) is 0.308. The highest BCUT2D eigenvalue weighted by Crippen LogP contribution is 2.32. The molecular formula is C13H11N5O7. The lowest BCUT2D eigenvalue weighted by Gasteiger charge is -2.32. The predicted molar refractivity (Wildman–Crippen MR) is 79.4 cm³/mol. The zero-order valence-corrected chi connectivity index (χ0v) is 12.8. The van der Waals surface area contributed by atoms with E-state index >= 15 is 0 Å². The number of likely N-dealkylation sites (tertiary alicyclic amines) is 1. The molecule has 2 heterocycles. The van der Waals surface area contributed by atoms with Gasteiger partial charge in [0.05, 0.1) is 10.6 Å². The van der Waals surface area contributed by atoms with E-state index in [2.05, 4.69) is 14.9 Å². The van der Waals surface area contributed by atoms with E-state index in [-0.39, 0.29) is 35.2 Å². The summed E-state index contributed by atoms with van der Waals surface area (Å²) in [7, 11) is 1.33. The Labute approximate surface area is 138 Å². The zero-order valence-electron chi connectivity index (χ0n) is 12.8. The molecule has 1 aliphatic heterocycles. The third-order valence-electron chi connectivity index (χ3n) is 3.87. The maximum Gasteiger partial charge on any atom is 0.348 e. The predicted octanol–water partition coefficient (Wildman–Crippen LogP) is 0.127. The number of rotatable bonds is 5. The van der Waals surface area contributed by atoms with Crippen LogP contribution in [0.1, 0.15) is 12.8 Å². The van der Waals surface area contributed by atoms with Gasteiger partial charge in [-0.1, -0.05) is 0 Å². The molecule has 25 heavy (non-hydrogen) atoms. The van der Waals surface area contributed by atoms with Gasteiger partial charge in [0.25, 0.3) is 0 Å². The van der Waals surface area contributed by atoms with Crippen molar-refractivity contribution in [1.29, 1.82) is 0 Å². The fourth-order valence-electron chi connectivity index (χ4n) is 2.72. The van der Waals surface area contributed by atoms with Crippen molar-refractivity contribution in [1.82, 2.24) is 15.2 Å². The molecule has 1 saturated heterocycles. The van der Waals surface area contributed by atoms with Crippen molar-refractivity contribution >= 4 is 40.2 Å². The molecule has 1 atom stereocenters. The summed E-state index contributed by atoms with van der Waals surface area (Å²) >= 11 is 0. The van der Waals surface area contributed by atoms with Crippen LogP contribution in [0.4, 0.5) is 11.4 Å². The number of carboxylic acid groups (broad SMARTS) is 1. The maximum absolute atomic E-state index is 11.9. The molecule has 3 rings (SSSR count). The van der Waals surface area contributed by atoms with Crippen molar-refractivity contribution in [2.75, 3.05) is 11.9 Å². The van der Waals surface area contributed by atoms with Crippen LogP contribution in [0.5, 0.6) is 0 Å². The van der Waals surface area contributed by atoms with E-state index in [1.54, 1.807) is 0 Å². The minimum absolute atomic E-state index is 0.0537. The van der Waals surface area contributed by atoms with Crippen molar-refractivity contribution in [2.45, 2.75) is 19.0 Å². The Balaban J connectivity index is 2.10. The van der Waals surface area contributed by atoms with Gasteiger partial charge < -0.3 is 10.0 Å². The molecule has 2 aromatic rings. The monoisotopic (exact) mass is 349 g/mol. The minimum atomic E-state index is -1.62. The molecule has 0 radical (unpaired) electrons. The number of hydrogen-bond acceptors (Lipinski definition) is 9. The average molecular weight is 349 g/mol. The normalized spacial score (nSPS) is 15.6. The smallest absolute Gasteiger partial charge is 0.348 e. The molecule has 0 saturated carbocycles. The topological polar surface area (TPSA) is 160 Å². The zero-order chi connectivity index (χ0) is 18.3.